The number of hydrogen-bond donors (Lipinski definition) is 0. The van der Waals surface area contributed by atoms with Crippen molar-refractivity contribution in [3.05, 3.63) is 11.6 Å². The molecule has 0 N–H and O–H groups in total. The Morgan fingerprint density at radius 1 is 1.00 bits per heavy atom. The maximum Gasteiger partial charge on any atom is 0.157 e. The lowest BCUT2D eigenvalue weighted by Crippen LogP contribution is -2.51. The van der Waals surface area contributed by atoms with Gasteiger partial charge in [-0.3, -0.25) is 4.79 Å². The molecule has 3 saturated carbocycles. The number of ketones is 1. The molecule has 0 unspecified atom stereocenters. The van der Waals surface area contributed by atoms with E-state index >= 15 is 0 Å². The Morgan fingerprint density at radius 3 is 2.66 bits per heavy atom. The van der Waals surface area contributed by atoms with Crippen molar-refractivity contribution >= 4 is 11.5 Å². The van der Waals surface area contributed by atoms with Crippen LogP contribution >= 0.6 is 0 Å². The Bertz CT molecular complexity index is 822. The minimum absolute atomic E-state index is 0.314. The van der Waals surface area contributed by atoms with Crippen molar-refractivity contribution in [3.63, 3.8) is 0 Å². The van der Waals surface area contributed by atoms with Gasteiger partial charge in [0.05, 0.1) is 5.92 Å². The molecule has 9 atom stereocenters. The first-order valence-electron chi connectivity index (χ1n) is 12.7. The number of carbonyl (C=O) groups is 1. The van der Waals surface area contributed by atoms with Gasteiger partial charge in [-0.2, -0.15) is 0 Å². The van der Waals surface area contributed by atoms with Gasteiger partial charge in [0, 0.05) is 31.1 Å². The van der Waals surface area contributed by atoms with Gasteiger partial charge in [0.1, 0.15) is 6.54 Å². The highest BCUT2D eigenvalue weighted by Crippen LogP contribution is 2.68. The van der Waals surface area contributed by atoms with Crippen LogP contribution in [0.2, 0.25) is 0 Å². The molecule has 1 saturated heterocycles. The Morgan fingerprint density at radius 2 is 1.83 bits per heavy atom. The number of piperidine rings is 1. The average molecular weight is 395 g/mol. The second kappa shape index (κ2) is 6.07. The average Bonchev–Trinajstić information content (AvgIpc) is 3.15. The van der Waals surface area contributed by atoms with E-state index < -0.39 is 0 Å². The summed E-state index contributed by atoms with van der Waals surface area (Å²) >= 11 is 0. The third-order valence-corrected chi connectivity index (χ3v) is 11.3. The largest absolute Gasteiger partial charge is 0.295 e. The summed E-state index contributed by atoms with van der Waals surface area (Å²) in [5, 5.41) is 0. The van der Waals surface area contributed by atoms with Gasteiger partial charge >= 0.3 is 0 Å². The van der Waals surface area contributed by atoms with Gasteiger partial charge in [-0.05, 0) is 73.2 Å². The quantitative estimate of drug-likeness (QED) is 0.486. The molecule has 4 aliphatic carbocycles. The van der Waals surface area contributed by atoms with E-state index in [0.29, 0.717) is 16.6 Å². The molecule has 0 amide bonds. The van der Waals surface area contributed by atoms with Crippen LogP contribution in [0.4, 0.5) is 0 Å². The molecule has 2 heteroatoms. The molecule has 0 aromatic carbocycles. The van der Waals surface area contributed by atoms with Crippen LogP contribution in [-0.2, 0) is 4.79 Å². The van der Waals surface area contributed by atoms with E-state index in [4.69, 9.17) is 0 Å². The van der Waals surface area contributed by atoms with Gasteiger partial charge in [0.2, 0.25) is 0 Å². The lowest BCUT2D eigenvalue weighted by molar-refractivity contribution is -0.582. The number of rotatable bonds is 0. The number of nitrogens with zero attached hydrogens (tertiary/aromatic N) is 1. The first-order valence-corrected chi connectivity index (χ1v) is 12.7. The van der Waals surface area contributed by atoms with E-state index in [1.54, 1.807) is 0 Å². The fourth-order valence-electron chi connectivity index (χ4n) is 9.88. The summed E-state index contributed by atoms with van der Waals surface area (Å²) in [6, 6.07) is 0.837. The normalized spacial score (nSPS) is 53.6. The highest BCUT2D eigenvalue weighted by Gasteiger charge is 2.67. The third-order valence-electron chi connectivity index (χ3n) is 11.3. The molecular formula is C27H40NO+. The van der Waals surface area contributed by atoms with Crippen molar-refractivity contribution in [1.82, 2.24) is 0 Å². The Hall–Kier alpha value is -0.920. The molecule has 2 nitrogen and oxygen atoms in total. The second-order valence-corrected chi connectivity index (χ2v) is 12.4. The minimum atomic E-state index is 0.314. The van der Waals surface area contributed by atoms with Crippen molar-refractivity contribution in [2.24, 2.45) is 46.3 Å². The predicted octanol–water partition coefficient (Wildman–Crippen LogP) is 5.65. The Kier molecular flexibility index (Phi) is 3.94. The van der Waals surface area contributed by atoms with Crippen LogP contribution in [0, 0.1) is 46.3 Å². The molecule has 2 aliphatic heterocycles. The van der Waals surface area contributed by atoms with Crippen molar-refractivity contribution < 1.29 is 9.37 Å². The van der Waals surface area contributed by atoms with Gasteiger partial charge in [-0.15, -0.1) is 0 Å². The maximum atomic E-state index is 12.1. The van der Waals surface area contributed by atoms with Gasteiger partial charge in [-0.25, -0.2) is 4.58 Å². The van der Waals surface area contributed by atoms with Crippen LogP contribution in [0.5, 0.6) is 0 Å². The third kappa shape index (κ3) is 2.35. The van der Waals surface area contributed by atoms with Crippen LogP contribution in [0.1, 0.15) is 85.5 Å². The van der Waals surface area contributed by atoms with Gasteiger partial charge in [-0.1, -0.05) is 33.3 Å². The highest BCUT2D eigenvalue weighted by atomic mass is 16.1. The van der Waals surface area contributed by atoms with Crippen LogP contribution in [0.15, 0.2) is 11.6 Å². The van der Waals surface area contributed by atoms with E-state index in [0.717, 1.165) is 54.4 Å². The maximum absolute atomic E-state index is 12.1. The van der Waals surface area contributed by atoms with Crippen molar-refractivity contribution in [1.29, 1.82) is 0 Å². The molecule has 158 valence electrons. The van der Waals surface area contributed by atoms with Crippen molar-refractivity contribution in [2.75, 3.05) is 6.54 Å². The summed E-state index contributed by atoms with van der Waals surface area (Å²) in [5.41, 5.74) is 4.24. The zero-order valence-corrected chi connectivity index (χ0v) is 19.0. The molecule has 0 aromatic heterocycles. The molecule has 0 aromatic rings. The van der Waals surface area contributed by atoms with Gasteiger partial charge < -0.3 is 0 Å². The Labute approximate surface area is 177 Å². The Balaban J connectivity index is 1.37. The van der Waals surface area contributed by atoms with Crippen molar-refractivity contribution in [2.45, 2.75) is 91.5 Å². The topological polar surface area (TPSA) is 20.1 Å². The monoisotopic (exact) mass is 394 g/mol. The smallest absolute Gasteiger partial charge is 0.157 e. The van der Waals surface area contributed by atoms with Crippen LogP contribution in [0.3, 0.4) is 0 Å². The van der Waals surface area contributed by atoms with Gasteiger partial charge in [0.25, 0.3) is 0 Å². The molecule has 29 heavy (non-hydrogen) atoms. The standard InChI is InChI=1S/C27H40NO/c1-16-5-8-23-17(2)25-24(28(23)15-16)14-22-20-7-6-18-13-19(29)9-11-26(18,3)21(20)10-12-27(22,25)4/h13,16-17,20-23,25H,5-12,14-15H2,1-4H3/q+1/t16-,17+,20+,21-,22-,23+,25-,26-,27-/m0/s1. The van der Waals surface area contributed by atoms with E-state index in [1.165, 1.54) is 57.1 Å². The predicted molar refractivity (Wildman–Crippen MR) is 117 cm³/mol. The first-order chi connectivity index (χ1) is 13.8. The van der Waals surface area contributed by atoms with Crippen molar-refractivity contribution in [3.8, 4) is 0 Å². The number of fused-ring (bicyclic) bond motifs is 8. The molecule has 2 heterocycles. The molecule has 0 radical (unpaired) electrons. The zero-order valence-electron chi connectivity index (χ0n) is 19.0. The summed E-state index contributed by atoms with van der Waals surface area (Å²) in [6.07, 6.45) is 13.6. The summed E-state index contributed by atoms with van der Waals surface area (Å²) in [6.45, 7) is 11.6. The molecule has 0 spiro atoms. The lowest BCUT2D eigenvalue weighted by Gasteiger charge is -2.58. The summed E-state index contributed by atoms with van der Waals surface area (Å²) in [7, 11) is 0. The van der Waals surface area contributed by atoms with E-state index in [1.807, 2.05) is 5.71 Å². The lowest BCUT2D eigenvalue weighted by atomic mass is 9.46. The number of carbonyl (C=O) groups excluding carboxylic acids is 1. The fourth-order valence-corrected chi connectivity index (χ4v) is 9.88. The van der Waals surface area contributed by atoms with Crippen LogP contribution in [0.25, 0.3) is 0 Å². The molecule has 4 fully saturated rings. The van der Waals surface area contributed by atoms with Crippen LogP contribution in [-0.4, -0.2) is 28.7 Å². The summed E-state index contributed by atoms with van der Waals surface area (Å²) in [5.74, 6) is 5.55. The van der Waals surface area contributed by atoms with E-state index in [9.17, 15) is 4.79 Å². The van der Waals surface area contributed by atoms with E-state index in [2.05, 4.69) is 38.3 Å². The summed E-state index contributed by atoms with van der Waals surface area (Å²) in [4.78, 5) is 12.1. The zero-order chi connectivity index (χ0) is 20.1. The SMILES string of the molecule is C[C@H]1CC[C@@H]2[C@@H](C)[C@H]3C(=[N+]2C1)C[C@H]1[C@@H]2CCC4=CC(=O)CC[C@]4(C)[C@H]2CC[C@]31C. The van der Waals surface area contributed by atoms with Gasteiger partial charge in [0.15, 0.2) is 17.5 Å². The van der Waals surface area contributed by atoms with E-state index in [-0.39, 0.29) is 0 Å². The highest BCUT2D eigenvalue weighted by molar-refractivity contribution is 5.91. The van der Waals surface area contributed by atoms with Crippen LogP contribution < -0.4 is 0 Å². The molecule has 0 bridgehead atoms. The molecule has 6 aliphatic rings. The molecule has 6 rings (SSSR count). The molecular weight excluding hydrogens is 354 g/mol. The first kappa shape index (κ1) is 18.8. The summed E-state index contributed by atoms with van der Waals surface area (Å²) < 4.78 is 2.93. The second-order valence-electron chi connectivity index (χ2n) is 12.4. The number of allylic oxidation sites excluding steroid dienone is 1. The fraction of sp³-hybridized carbons (Fsp3) is 0.852. The number of hydrogen-bond acceptors (Lipinski definition) is 1. The minimum Gasteiger partial charge on any atom is -0.295 e.